The van der Waals surface area contributed by atoms with E-state index in [0.717, 1.165) is 31.6 Å². The van der Waals surface area contributed by atoms with E-state index in [0.29, 0.717) is 31.9 Å². The van der Waals surface area contributed by atoms with Crippen LogP contribution in [0.3, 0.4) is 0 Å². The fraction of sp³-hybridized carbons (Fsp3) is 0.579. The lowest BCUT2D eigenvalue weighted by Crippen LogP contribution is -2.43. The van der Waals surface area contributed by atoms with Gasteiger partial charge in [-0.2, -0.15) is 0 Å². The number of amides is 2. The Bertz CT molecular complexity index is 565. The SMILES string of the molecule is CCCN(CCC)C(=O)c1cccc(NCC(=O)N2CCOCC2)c1. The quantitative estimate of drug-likeness (QED) is 0.783. The third-order valence-electron chi connectivity index (χ3n) is 4.19. The Morgan fingerprint density at radius 2 is 1.84 bits per heavy atom. The van der Waals surface area contributed by atoms with E-state index in [1.54, 1.807) is 4.90 Å². The van der Waals surface area contributed by atoms with Gasteiger partial charge in [-0.25, -0.2) is 0 Å². The summed E-state index contributed by atoms with van der Waals surface area (Å²) in [5, 5.41) is 3.14. The molecule has 1 aromatic rings. The summed E-state index contributed by atoms with van der Waals surface area (Å²) >= 11 is 0. The summed E-state index contributed by atoms with van der Waals surface area (Å²) in [6, 6.07) is 7.39. The molecule has 6 heteroatoms. The van der Waals surface area contributed by atoms with Gasteiger partial charge in [-0.3, -0.25) is 9.59 Å². The van der Waals surface area contributed by atoms with Crippen LogP contribution in [0.1, 0.15) is 37.0 Å². The van der Waals surface area contributed by atoms with E-state index in [4.69, 9.17) is 4.74 Å². The molecule has 0 atom stereocenters. The van der Waals surface area contributed by atoms with Crippen molar-refractivity contribution < 1.29 is 14.3 Å². The van der Waals surface area contributed by atoms with E-state index in [2.05, 4.69) is 19.2 Å². The van der Waals surface area contributed by atoms with Gasteiger partial charge in [-0.1, -0.05) is 19.9 Å². The molecule has 6 nitrogen and oxygen atoms in total. The summed E-state index contributed by atoms with van der Waals surface area (Å²) in [4.78, 5) is 28.6. The molecule has 1 saturated heterocycles. The van der Waals surface area contributed by atoms with Gasteiger partial charge in [0.05, 0.1) is 19.8 Å². The van der Waals surface area contributed by atoms with E-state index < -0.39 is 0 Å². The Kier molecular flexibility index (Phi) is 7.73. The summed E-state index contributed by atoms with van der Waals surface area (Å²) in [7, 11) is 0. The summed E-state index contributed by atoms with van der Waals surface area (Å²) in [6.07, 6.45) is 1.88. The Labute approximate surface area is 150 Å². The van der Waals surface area contributed by atoms with Gasteiger partial charge in [0.1, 0.15) is 0 Å². The second-order valence-corrected chi connectivity index (χ2v) is 6.22. The third kappa shape index (κ3) is 5.74. The van der Waals surface area contributed by atoms with Gasteiger partial charge in [-0.05, 0) is 31.0 Å². The molecule has 0 aliphatic carbocycles. The minimum absolute atomic E-state index is 0.0480. The van der Waals surface area contributed by atoms with Crippen molar-refractivity contribution >= 4 is 17.5 Å². The zero-order valence-corrected chi connectivity index (χ0v) is 15.3. The molecule has 0 aromatic heterocycles. The number of hydrogen-bond acceptors (Lipinski definition) is 4. The maximum Gasteiger partial charge on any atom is 0.253 e. The highest BCUT2D eigenvalue weighted by molar-refractivity contribution is 5.95. The Hall–Kier alpha value is -2.08. The van der Waals surface area contributed by atoms with Crippen LogP contribution in [0.4, 0.5) is 5.69 Å². The number of carbonyl (C=O) groups excluding carboxylic acids is 2. The molecule has 0 spiro atoms. The first-order valence-corrected chi connectivity index (χ1v) is 9.14. The van der Waals surface area contributed by atoms with Crippen LogP contribution < -0.4 is 5.32 Å². The molecule has 1 aromatic carbocycles. The topological polar surface area (TPSA) is 61.9 Å². The number of morpholine rings is 1. The predicted octanol–water partition coefficient (Wildman–Crippen LogP) is 2.22. The number of benzene rings is 1. The minimum Gasteiger partial charge on any atom is -0.378 e. The molecule has 0 radical (unpaired) electrons. The van der Waals surface area contributed by atoms with Crippen molar-refractivity contribution in [3.05, 3.63) is 29.8 Å². The molecule has 1 fully saturated rings. The highest BCUT2D eigenvalue weighted by atomic mass is 16.5. The summed E-state index contributed by atoms with van der Waals surface area (Å²) in [6.45, 7) is 8.38. The first-order valence-electron chi connectivity index (χ1n) is 9.14. The molecule has 1 heterocycles. The predicted molar refractivity (Wildman–Crippen MR) is 98.8 cm³/mol. The molecule has 1 aliphatic heterocycles. The zero-order valence-electron chi connectivity index (χ0n) is 15.3. The highest BCUT2D eigenvalue weighted by Gasteiger charge is 2.17. The first-order chi connectivity index (χ1) is 12.2. The van der Waals surface area contributed by atoms with Gasteiger partial charge in [0.2, 0.25) is 5.91 Å². The molecular weight excluding hydrogens is 318 g/mol. The van der Waals surface area contributed by atoms with Crippen LogP contribution in [0.15, 0.2) is 24.3 Å². The fourth-order valence-electron chi connectivity index (χ4n) is 2.90. The van der Waals surface area contributed by atoms with Gasteiger partial charge in [-0.15, -0.1) is 0 Å². The maximum absolute atomic E-state index is 12.7. The average molecular weight is 347 g/mol. The van der Waals surface area contributed by atoms with Crippen molar-refractivity contribution in [2.24, 2.45) is 0 Å². The van der Waals surface area contributed by atoms with E-state index in [1.165, 1.54) is 0 Å². The van der Waals surface area contributed by atoms with Crippen LogP contribution in [0.25, 0.3) is 0 Å². The third-order valence-corrected chi connectivity index (χ3v) is 4.19. The zero-order chi connectivity index (χ0) is 18.1. The van der Waals surface area contributed by atoms with Gasteiger partial charge >= 0.3 is 0 Å². The van der Waals surface area contributed by atoms with Crippen LogP contribution >= 0.6 is 0 Å². The molecule has 1 aliphatic rings. The van der Waals surface area contributed by atoms with Crippen molar-refractivity contribution in [3.8, 4) is 0 Å². The van der Waals surface area contributed by atoms with Crippen LogP contribution in [-0.4, -0.2) is 67.6 Å². The lowest BCUT2D eigenvalue weighted by Gasteiger charge is -2.27. The van der Waals surface area contributed by atoms with E-state index in [9.17, 15) is 9.59 Å². The van der Waals surface area contributed by atoms with Gasteiger partial charge < -0.3 is 19.9 Å². The monoisotopic (exact) mass is 347 g/mol. The second kappa shape index (κ2) is 10.0. The lowest BCUT2D eigenvalue weighted by molar-refractivity contribution is -0.133. The number of rotatable bonds is 8. The van der Waals surface area contributed by atoms with Crippen LogP contribution in [0.2, 0.25) is 0 Å². The molecule has 25 heavy (non-hydrogen) atoms. The van der Waals surface area contributed by atoms with E-state index in [1.807, 2.05) is 29.2 Å². The number of nitrogens with zero attached hydrogens (tertiary/aromatic N) is 2. The Morgan fingerprint density at radius 1 is 1.16 bits per heavy atom. The summed E-state index contributed by atoms with van der Waals surface area (Å²) in [5.74, 6) is 0.102. The molecule has 0 saturated carbocycles. The smallest absolute Gasteiger partial charge is 0.253 e. The number of carbonyl (C=O) groups is 2. The van der Waals surface area contributed by atoms with Crippen molar-refractivity contribution in [1.82, 2.24) is 9.80 Å². The highest BCUT2D eigenvalue weighted by Crippen LogP contribution is 2.13. The average Bonchev–Trinajstić information content (AvgIpc) is 2.66. The lowest BCUT2D eigenvalue weighted by atomic mass is 10.1. The molecular formula is C19H29N3O3. The Morgan fingerprint density at radius 3 is 2.48 bits per heavy atom. The normalized spacial score (nSPS) is 14.2. The van der Waals surface area contributed by atoms with Crippen LogP contribution in [-0.2, 0) is 9.53 Å². The van der Waals surface area contributed by atoms with Gasteiger partial charge in [0.25, 0.3) is 5.91 Å². The molecule has 2 amide bonds. The standard InChI is InChI=1S/C19H29N3O3/c1-3-8-22(9-4-2)19(24)16-6-5-7-17(14-16)20-15-18(23)21-10-12-25-13-11-21/h5-7,14,20H,3-4,8-13,15H2,1-2H3. The number of anilines is 1. The van der Waals surface area contributed by atoms with Crippen LogP contribution in [0, 0.1) is 0 Å². The van der Waals surface area contributed by atoms with E-state index >= 15 is 0 Å². The van der Waals surface area contributed by atoms with Gasteiger partial charge in [0.15, 0.2) is 0 Å². The molecule has 138 valence electrons. The summed E-state index contributed by atoms with van der Waals surface area (Å²) in [5.41, 5.74) is 1.45. The summed E-state index contributed by atoms with van der Waals surface area (Å²) < 4.78 is 5.26. The maximum atomic E-state index is 12.7. The fourth-order valence-corrected chi connectivity index (χ4v) is 2.90. The largest absolute Gasteiger partial charge is 0.378 e. The van der Waals surface area contributed by atoms with Crippen molar-refractivity contribution in [1.29, 1.82) is 0 Å². The second-order valence-electron chi connectivity index (χ2n) is 6.22. The Balaban J connectivity index is 1.95. The molecule has 0 bridgehead atoms. The van der Waals surface area contributed by atoms with Crippen molar-refractivity contribution in [2.45, 2.75) is 26.7 Å². The molecule has 2 rings (SSSR count). The van der Waals surface area contributed by atoms with Crippen LogP contribution in [0.5, 0.6) is 0 Å². The molecule has 0 unspecified atom stereocenters. The first kappa shape index (κ1) is 19.2. The van der Waals surface area contributed by atoms with Gasteiger partial charge in [0, 0.05) is 37.4 Å². The van der Waals surface area contributed by atoms with E-state index in [-0.39, 0.29) is 18.4 Å². The number of hydrogen-bond donors (Lipinski definition) is 1. The van der Waals surface area contributed by atoms with Crippen molar-refractivity contribution in [2.75, 3.05) is 51.3 Å². The number of ether oxygens (including phenoxy) is 1. The van der Waals surface area contributed by atoms with Crippen molar-refractivity contribution in [3.63, 3.8) is 0 Å². The molecule has 1 N–H and O–H groups in total. The minimum atomic E-state index is 0.0480. The number of nitrogens with one attached hydrogen (secondary N) is 1.